The maximum absolute atomic E-state index is 13.4. The average molecular weight is 345 g/mol. The van der Waals surface area contributed by atoms with E-state index >= 15 is 0 Å². The topological polar surface area (TPSA) is 46.9 Å². The molecule has 24 heavy (non-hydrogen) atoms. The molecule has 1 aromatic carbocycles. The summed E-state index contributed by atoms with van der Waals surface area (Å²) < 4.78 is 15.2. The van der Waals surface area contributed by atoms with Crippen LogP contribution >= 0.6 is 11.8 Å². The largest absolute Gasteiger partial charge is 0.352 e. The number of amides is 1. The van der Waals surface area contributed by atoms with E-state index in [2.05, 4.69) is 10.3 Å². The van der Waals surface area contributed by atoms with Gasteiger partial charge in [-0.1, -0.05) is 17.8 Å². The van der Waals surface area contributed by atoms with Crippen LogP contribution in [0.2, 0.25) is 0 Å². The third kappa shape index (κ3) is 3.64. The van der Waals surface area contributed by atoms with Gasteiger partial charge in [0.1, 0.15) is 5.82 Å². The Balaban J connectivity index is 1.37. The summed E-state index contributed by atoms with van der Waals surface area (Å²) in [5, 5.41) is 3.91. The fourth-order valence-corrected chi connectivity index (χ4v) is 3.89. The molecule has 1 heterocycles. The summed E-state index contributed by atoms with van der Waals surface area (Å²) in [6.45, 7) is 0. The highest BCUT2D eigenvalue weighted by Crippen LogP contribution is 2.44. The third-order valence-corrected chi connectivity index (χ3v) is 5.58. The first-order valence-electron chi connectivity index (χ1n) is 8.42. The van der Waals surface area contributed by atoms with Crippen molar-refractivity contribution >= 4 is 17.7 Å². The number of imidazole rings is 1. The molecule has 0 bridgehead atoms. The molecule has 0 unspecified atom stereocenters. The Bertz CT molecular complexity index is 727. The zero-order chi connectivity index (χ0) is 16.5. The average Bonchev–Trinajstić information content (AvgIpc) is 3.49. The van der Waals surface area contributed by atoms with E-state index in [-0.39, 0.29) is 11.7 Å². The van der Waals surface area contributed by atoms with Crippen LogP contribution in [0.3, 0.4) is 0 Å². The first-order chi connectivity index (χ1) is 11.7. The molecule has 0 spiro atoms. The Kier molecular flexibility index (Phi) is 4.31. The van der Waals surface area contributed by atoms with E-state index in [0.717, 1.165) is 0 Å². The van der Waals surface area contributed by atoms with Crippen molar-refractivity contribution in [1.82, 2.24) is 14.9 Å². The van der Waals surface area contributed by atoms with Crippen LogP contribution in [-0.4, -0.2) is 27.3 Å². The molecule has 0 aliphatic heterocycles. The summed E-state index contributed by atoms with van der Waals surface area (Å²) in [6.07, 6.45) is 8.45. The van der Waals surface area contributed by atoms with Crippen LogP contribution < -0.4 is 5.32 Å². The van der Waals surface area contributed by atoms with Crippen LogP contribution in [0, 0.1) is 17.7 Å². The molecule has 2 aliphatic rings. The summed E-state index contributed by atoms with van der Waals surface area (Å²) in [6, 6.07) is 6.74. The van der Waals surface area contributed by atoms with E-state index in [4.69, 9.17) is 0 Å². The van der Waals surface area contributed by atoms with E-state index in [1.807, 2.05) is 6.07 Å². The zero-order valence-corrected chi connectivity index (χ0v) is 14.1. The summed E-state index contributed by atoms with van der Waals surface area (Å²) in [4.78, 5) is 16.6. The minimum atomic E-state index is -0.286. The van der Waals surface area contributed by atoms with Crippen LogP contribution in [0.5, 0.6) is 0 Å². The summed E-state index contributed by atoms with van der Waals surface area (Å²) in [5.41, 5.74) is 0.712. The number of aromatic nitrogens is 2. The van der Waals surface area contributed by atoms with Gasteiger partial charge in [0.05, 0.1) is 11.4 Å². The Morgan fingerprint density at radius 3 is 2.75 bits per heavy atom. The van der Waals surface area contributed by atoms with Crippen molar-refractivity contribution in [2.45, 2.75) is 36.9 Å². The maximum atomic E-state index is 13.4. The number of hydrogen-bond donors (Lipinski definition) is 1. The van der Waals surface area contributed by atoms with Gasteiger partial charge in [-0.15, -0.1) is 0 Å². The number of nitrogens with zero attached hydrogens (tertiary/aromatic N) is 2. The predicted molar refractivity (Wildman–Crippen MR) is 91.6 cm³/mol. The van der Waals surface area contributed by atoms with Crippen molar-refractivity contribution in [2.24, 2.45) is 11.8 Å². The van der Waals surface area contributed by atoms with Crippen molar-refractivity contribution < 1.29 is 9.18 Å². The highest BCUT2D eigenvalue weighted by atomic mass is 32.2. The van der Waals surface area contributed by atoms with E-state index in [0.29, 0.717) is 34.5 Å². The molecule has 2 saturated carbocycles. The first kappa shape index (κ1) is 15.7. The van der Waals surface area contributed by atoms with Gasteiger partial charge in [-0.25, -0.2) is 9.37 Å². The molecule has 6 heteroatoms. The maximum Gasteiger partial charge on any atom is 0.230 e. The third-order valence-electron chi connectivity index (χ3n) is 4.61. The molecule has 0 radical (unpaired) electrons. The van der Waals surface area contributed by atoms with Crippen molar-refractivity contribution in [3.8, 4) is 5.69 Å². The summed E-state index contributed by atoms with van der Waals surface area (Å²) >= 11 is 1.39. The van der Waals surface area contributed by atoms with Crippen molar-refractivity contribution in [2.75, 3.05) is 5.75 Å². The van der Waals surface area contributed by atoms with Gasteiger partial charge >= 0.3 is 0 Å². The van der Waals surface area contributed by atoms with Gasteiger partial charge in [0.15, 0.2) is 5.16 Å². The quantitative estimate of drug-likeness (QED) is 0.782. The smallest absolute Gasteiger partial charge is 0.230 e. The molecular formula is C18H20FN3OS. The molecular weight excluding hydrogens is 325 g/mol. The number of rotatable bonds is 7. The molecule has 2 aliphatic carbocycles. The first-order valence-corrected chi connectivity index (χ1v) is 9.41. The van der Waals surface area contributed by atoms with Gasteiger partial charge in [0.25, 0.3) is 0 Å². The van der Waals surface area contributed by atoms with E-state index in [9.17, 15) is 9.18 Å². The molecule has 1 N–H and O–H groups in total. The van der Waals surface area contributed by atoms with Gasteiger partial charge in [-0.05, 0) is 55.7 Å². The minimum absolute atomic E-state index is 0.0672. The van der Waals surface area contributed by atoms with Gasteiger partial charge < -0.3 is 5.32 Å². The molecule has 0 atom stereocenters. The van der Waals surface area contributed by atoms with Gasteiger partial charge in [-0.2, -0.15) is 0 Å². The lowest BCUT2D eigenvalue weighted by Gasteiger charge is -2.17. The van der Waals surface area contributed by atoms with E-state index in [1.165, 1.54) is 49.6 Å². The van der Waals surface area contributed by atoms with E-state index in [1.54, 1.807) is 23.0 Å². The number of carbonyl (C=O) groups is 1. The fraction of sp³-hybridized carbons (Fsp3) is 0.444. The lowest BCUT2D eigenvalue weighted by molar-refractivity contribution is -0.119. The second kappa shape index (κ2) is 6.59. The second-order valence-electron chi connectivity index (χ2n) is 6.62. The molecule has 2 aromatic rings. The lowest BCUT2D eigenvalue weighted by Crippen LogP contribution is -2.39. The van der Waals surface area contributed by atoms with Crippen LogP contribution in [0.1, 0.15) is 25.7 Å². The number of nitrogens with one attached hydrogen (secondary N) is 1. The lowest BCUT2D eigenvalue weighted by atomic mass is 10.1. The van der Waals surface area contributed by atoms with Gasteiger partial charge in [0, 0.05) is 18.4 Å². The van der Waals surface area contributed by atoms with Gasteiger partial charge in [-0.3, -0.25) is 9.36 Å². The van der Waals surface area contributed by atoms with Crippen molar-refractivity contribution in [1.29, 1.82) is 0 Å². The van der Waals surface area contributed by atoms with Crippen molar-refractivity contribution in [3.05, 3.63) is 42.5 Å². The SMILES string of the molecule is O=C(CSc1nccn1-c1cccc(F)c1)NC(C1CC1)C1CC1. The zero-order valence-electron chi connectivity index (χ0n) is 13.3. The Hall–Kier alpha value is -1.82. The van der Waals surface area contributed by atoms with Crippen LogP contribution in [0.4, 0.5) is 4.39 Å². The Morgan fingerprint density at radius 2 is 2.08 bits per heavy atom. The summed E-state index contributed by atoms with van der Waals surface area (Å²) in [5.74, 6) is 1.51. The van der Waals surface area contributed by atoms with Crippen molar-refractivity contribution in [3.63, 3.8) is 0 Å². The molecule has 1 amide bonds. The number of carbonyl (C=O) groups excluding carboxylic acids is 1. The number of halogens is 1. The normalized spacial score (nSPS) is 17.2. The molecule has 4 rings (SSSR count). The molecule has 126 valence electrons. The van der Waals surface area contributed by atoms with Gasteiger partial charge in [0.2, 0.25) is 5.91 Å². The predicted octanol–water partition coefficient (Wildman–Crippen LogP) is 3.41. The number of thioether (sulfide) groups is 1. The highest BCUT2D eigenvalue weighted by molar-refractivity contribution is 7.99. The number of benzene rings is 1. The summed E-state index contributed by atoms with van der Waals surface area (Å²) in [7, 11) is 0. The minimum Gasteiger partial charge on any atom is -0.352 e. The molecule has 1 aromatic heterocycles. The Labute approximate surface area is 144 Å². The van der Waals surface area contributed by atoms with Crippen LogP contribution in [-0.2, 0) is 4.79 Å². The Morgan fingerprint density at radius 1 is 1.33 bits per heavy atom. The number of hydrogen-bond acceptors (Lipinski definition) is 3. The molecule has 4 nitrogen and oxygen atoms in total. The molecule has 0 saturated heterocycles. The molecule has 2 fully saturated rings. The van der Waals surface area contributed by atoms with Crippen LogP contribution in [0.15, 0.2) is 41.8 Å². The standard InChI is InChI=1S/C18H20FN3OS/c19-14-2-1-3-15(10-14)22-9-8-20-18(22)24-11-16(23)21-17(12-4-5-12)13-6-7-13/h1-3,8-10,12-13,17H,4-7,11H2,(H,21,23). The van der Waals surface area contributed by atoms with E-state index < -0.39 is 0 Å². The van der Waals surface area contributed by atoms with Crippen LogP contribution in [0.25, 0.3) is 5.69 Å². The highest BCUT2D eigenvalue weighted by Gasteiger charge is 2.42. The fourth-order valence-electron chi connectivity index (χ4n) is 3.11. The second-order valence-corrected chi connectivity index (χ2v) is 7.56. The monoisotopic (exact) mass is 345 g/mol.